The summed E-state index contributed by atoms with van der Waals surface area (Å²) in [6, 6.07) is 3.69. The number of anilines is 1. The largest absolute Gasteiger partial charge is 0.443 e. The summed E-state index contributed by atoms with van der Waals surface area (Å²) in [4.78, 5) is 0. The van der Waals surface area contributed by atoms with Gasteiger partial charge in [0.25, 0.3) is 0 Å². The number of hydrazone groups is 1. The molecule has 2 rings (SSSR count). The van der Waals surface area contributed by atoms with E-state index in [-0.39, 0.29) is 23.7 Å². The van der Waals surface area contributed by atoms with Crippen LogP contribution in [0.25, 0.3) is 0 Å². The zero-order valence-electron chi connectivity index (χ0n) is 11.1. The minimum atomic E-state index is -4.53. The maximum atomic E-state index is 13.1. The van der Waals surface area contributed by atoms with Crippen molar-refractivity contribution in [3.05, 3.63) is 41.8 Å². The normalized spacial score (nSPS) is 15.8. The fraction of sp³-hybridized carbons (Fsp3) is 0.308. The van der Waals surface area contributed by atoms with Crippen LogP contribution in [-0.4, -0.2) is 23.7 Å². The van der Waals surface area contributed by atoms with Crippen LogP contribution >= 0.6 is 0 Å². The van der Waals surface area contributed by atoms with E-state index < -0.39 is 17.8 Å². The molecule has 1 aliphatic rings. The van der Waals surface area contributed by atoms with Crippen molar-refractivity contribution >= 4 is 11.6 Å². The highest BCUT2D eigenvalue weighted by atomic mass is 19.4. The molecule has 1 aromatic carbocycles. The average Bonchev–Trinajstić information content (AvgIpc) is 2.45. The van der Waals surface area contributed by atoms with Crippen LogP contribution in [0.5, 0.6) is 0 Å². The summed E-state index contributed by atoms with van der Waals surface area (Å²) < 4.78 is 44.4. The Morgan fingerprint density at radius 2 is 2.19 bits per heavy atom. The molecule has 0 bridgehead atoms. The molecule has 0 amide bonds. The van der Waals surface area contributed by atoms with Gasteiger partial charge in [-0.2, -0.15) is 13.2 Å². The quantitative estimate of drug-likeness (QED) is 0.798. The van der Waals surface area contributed by atoms with Gasteiger partial charge in [0.05, 0.1) is 17.9 Å². The monoisotopic (exact) mass is 301 g/mol. The molecular weight excluding hydrogens is 287 g/mol. The van der Waals surface area contributed by atoms with Crippen LogP contribution in [0.15, 0.2) is 35.8 Å². The highest BCUT2D eigenvalue weighted by Crippen LogP contribution is 2.35. The standard InChI is InChI=1S/C13H14F3N3O2/c1-8(20)7-17-11-3-2-9(6-10(11)13(14,15)16)12-19-18-4-5-21-12/h2-6,8,17-18,20H,7H2,1H3/t8-/m1/s1. The zero-order chi connectivity index (χ0) is 15.5. The minimum Gasteiger partial charge on any atom is -0.443 e. The molecule has 0 radical (unpaired) electrons. The molecule has 0 saturated heterocycles. The number of aliphatic hydroxyl groups is 1. The van der Waals surface area contributed by atoms with Crippen molar-refractivity contribution in [1.29, 1.82) is 0 Å². The number of ether oxygens (including phenoxy) is 1. The Kier molecular flexibility index (Phi) is 4.37. The Bertz CT molecular complexity index is 568. The van der Waals surface area contributed by atoms with Gasteiger partial charge in [0.15, 0.2) is 0 Å². The van der Waals surface area contributed by atoms with Crippen LogP contribution in [0, 0.1) is 0 Å². The SMILES string of the molecule is C[C@@H](O)CNc1ccc(C2=NNC=CO2)cc1C(F)(F)F. The highest BCUT2D eigenvalue weighted by molar-refractivity contribution is 5.95. The summed E-state index contributed by atoms with van der Waals surface area (Å²) in [5, 5.41) is 15.5. The average molecular weight is 301 g/mol. The third-order valence-corrected chi connectivity index (χ3v) is 2.65. The van der Waals surface area contributed by atoms with E-state index in [1.165, 1.54) is 31.5 Å². The van der Waals surface area contributed by atoms with Crippen LogP contribution in [0.1, 0.15) is 18.1 Å². The van der Waals surface area contributed by atoms with Gasteiger partial charge in [-0.15, -0.1) is 5.10 Å². The number of alkyl halides is 3. The number of aliphatic hydroxyl groups excluding tert-OH is 1. The van der Waals surface area contributed by atoms with Crippen LogP contribution in [0.4, 0.5) is 18.9 Å². The van der Waals surface area contributed by atoms with Gasteiger partial charge in [0.1, 0.15) is 6.26 Å². The molecule has 3 N–H and O–H groups in total. The van der Waals surface area contributed by atoms with Crippen molar-refractivity contribution in [3.63, 3.8) is 0 Å². The Morgan fingerprint density at radius 3 is 2.76 bits per heavy atom. The fourth-order valence-corrected chi connectivity index (χ4v) is 1.71. The van der Waals surface area contributed by atoms with E-state index in [1.807, 2.05) is 0 Å². The third-order valence-electron chi connectivity index (χ3n) is 2.65. The summed E-state index contributed by atoms with van der Waals surface area (Å²) >= 11 is 0. The molecule has 1 aliphatic heterocycles. The van der Waals surface area contributed by atoms with Gasteiger partial charge in [0, 0.05) is 17.8 Å². The summed E-state index contributed by atoms with van der Waals surface area (Å²) in [5.41, 5.74) is 1.74. The molecule has 0 fully saturated rings. The molecule has 1 heterocycles. The minimum absolute atomic E-state index is 0.0180. The van der Waals surface area contributed by atoms with E-state index in [1.54, 1.807) is 0 Å². The first-order valence-corrected chi connectivity index (χ1v) is 6.16. The molecule has 114 valence electrons. The second kappa shape index (κ2) is 6.04. The van der Waals surface area contributed by atoms with E-state index in [9.17, 15) is 13.2 Å². The van der Waals surface area contributed by atoms with Gasteiger partial charge >= 0.3 is 6.18 Å². The van der Waals surface area contributed by atoms with E-state index >= 15 is 0 Å². The molecule has 0 aromatic heterocycles. The van der Waals surface area contributed by atoms with Crippen LogP contribution in [0.2, 0.25) is 0 Å². The lowest BCUT2D eigenvalue weighted by atomic mass is 10.1. The maximum absolute atomic E-state index is 13.1. The number of halogens is 3. The Labute approximate surface area is 119 Å². The fourth-order valence-electron chi connectivity index (χ4n) is 1.71. The smallest absolute Gasteiger partial charge is 0.418 e. The van der Waals surface area contributed by atoms with Gasteiger partial charge in [-0.05, 0) is 25.1 Å². The first kappa shape index (κ1) is 15.2. The van der Waals surface area contributed by atoms with Crippen LogP contribution in [-0.2, 0) is 10.9 Å². The Morgan fingerprint density at radius 1 is 1.43 bits per heavy atom. The summed E-state index contributed by atoms with van der Waals surface area (Å²) in [6.45, 7) is 1.50. The van der Waals surface area contributed by atoms with Crippen LogP contribution < -0.4 is 10.7 Å². The first-order chi connectivity index (χ1) is 9.88. The third kappa shape index (κ3) is 3.88. The van der Waals surface area contributed by atoms with Gasteiger partial charge < -0.3 is 15.2 Å². The van der Waals surface area contributed by atoms with Crippen molar-refractivity contribution in [2.45, 2.75) is 19.2 Å². The molecule has 8 heteroatoms. The second-order valence-corrected chi connectivity index (χ2v) is 4.45. The summed E-state index contributed by atoms with van der Waals surface area (Å²) in [7, 11) is 0. The molecular formula is C13H14F3N3O2. The molecule has 21 heavy (non-hydrogen) atoms. The Hall–Kier alpha value is -2.22. The molecule has 0 aliphatic carbocycles. The van der Waals surface area contributed by atoms with Crippen molar-refractivity contribution in [2.75, 3.05) is 11.9 Å². The second-order valence-electron chi connectivity index (χ2n) is 4.45. The van der Waals surface area contributed by atoms with Gasteiger partial charge in [-0.25, -0.2) is 0 Å². The van der Waals surface area contributed by atoms with Crippen molar-refractivity contribution < 1.29 is 23.0 Å². The van der Waals surface area contributed by atoms with Crippen molar-refractivity contribution in [2.24, 2.45) is 5.10 Å². The number of nitrogens with one attached hydrogen (secondary N) is 2. The summed E-state index contributed by atoms with van der Waals surface area (Å²) in [5.74, 6) is 0.0464. The number of nitrogens with zero attached hydrogens (tertiary/aromatic N) is 1. The lowest BCUT2D eigenvalue weighted by Crippen LogP contribution is -2.19. The van der Waals surface area contributed by atoms with Gasteiger partial charge in [0.2, 0.25) is 5.90 Å². The molecule has 1 atom stereocenters. The van der Waals surface area contributed by atoms with E-state index in [0.29, 0.717) is 0 Å². The highest BCUT2D eigenvalue weighted by Gasteiger charge is 2.34. The number of benzene rings is 1. The maximum Gasteiger partial charge on any atom is 0.418 e. The predicted molar refractivity (Wildman–Crippen MR) is 71.5 cm³/mol. The summed E-state index contributed by atoms with van der Waals surface area (Å²) in [6.07, 6.45) is -2.59. The van der Waals surface area contributed by atoms with Gasteiger partial charge in [-0.1, -0.05) is 0 Å². The molecule has 5 nitrogen and oxygen atoms in total. The van der Waals surface area contributed by atoms with Crippen LogP contribution in [0.3, 0.4) is 0 Å². The van der Waals surface area contributed by atoms with Gasteiger partial charge in [-0.3, -0.25) is 5.43 Å². The Balaban J connectivity index is 2.33. The van der Waals surface area contributed by atoms with Crippen molar-refractivity contribution in [3.8, 4) is 0 Å². The van der Waals surface area contributed by atoms with E-state index in [0.717, 1.165) is 6.07 Å². The number of hydrogen-bond donors (Lipinski definition) is 3. The lowest BCUT2D eigenvalue weighted by Gasteiger charge is -2.17. The number of rotatable bonds is 4. The topological polar surface area (TPSA) is 65.9 Å². The van der Waals surface area contributed by atoms with Crippen molar-refractivity contribution in [1.82, 2.24) is 5.43 Å². The van der Waals surface area contributed by atoms with E-state index in [2.05, 4.69) is 15.8 Å². The first-order valence-electron chi connectivity index (χ1n) is 6.16. The number of hydrogen-bond acceptors (Lipinski definition) is 5. The molecule has 0 spiro atoms. The molecule has 0 saturated carbocycles. The lowest BCUT2D eigenvalue weighted by molar-refractivity contribution is -0.137. The molecule has 1 aromatic rings. The predicted octanol–water partition coefficient (Wildman–Crippen LogP) is 2.25. The van der Waals surface area contributed by atoms with E-state index in [4.69, 9.17) is 9.84 Å². The molecule has 0 unspecified atom stereocenters. The zero-order valence-corrected chi connectivity index (χ0v) is 11.1.